The van der Waals surface area contributed by atoms with E-state index in [0.717, 1.165) is 0 Å². The second-order valence-corrected chi connectivity index (χ2v) is 8.30. The van der Waals surface area contributed by atoms with Crippen LogP contribution < -0.4 is 5.73 Å². The third kappa shape index (κ3) is 5.24. The van der Waals surface area contributed by atoms with Crippen molar-refractivity contribution in [2.45, 2.75) is 99.3 Å². The van der Waals surface area contributed by atoms with Gasteiger partial charge in [0.15, 0.2) is 18.9 Å². The van der Waals surface area contributed by atoms with Crippen molar-refractivity contribution in [1.82, 2.24) is 0 Å². The Labute approximate surface area is 183 Å². The number of rotatable bonds is 6. The van der Waals surface area contributed by atoms with Crippen LogP contribution in [0.1, 0.15) is 13.3 Å². The van der Waals surface area contributed by atoms with Crippen molar-refractivity contribution in [3.05, 3.63) is 0 Å². The van der Waals surface area contributed by atoms with E-state index in [2.05, 4.69) is 0 Å². The molecule has 1 unspecified atom stereocenters. The fourth-order valence-corrected chi connectivity index (χ4v) is 3.96. The number of hydrogen-bond donors (Lipinski definition) is 9. The molecule has 3 fully saturated rings. The van der Waals surface area contributed by atoms with E-state index in [1.54, 1.807) is 6.92 Å². The molecule has 3 rings (SSSR count). The van der Waals surface area contributed by atoms with Crippen molar-refractivity contribution in [3.8, 4) is 0 Å². The Morgan fingerprint density at radius 1 is 0.750 bits per heavy atom. The summed E-state index contributed by atoms with van der Waals surface area (Å²) in [5, 5.41) is 80.1. The first-order valence-electron chi connectivity index (χ1n) is 10.4. The van der Waals surface area contributed by atoms with Gasteiger partial charge in [0.2, 0.25) is 0 Å². The molecule has 3 aliphatic heterocycles. The SMILES string of the molecule is C[C@H]1O[C@H](O[C@H]2[C@H](O)[C@@H](CO)OC(O)[C@H]2O[C@H]2O[C@H](CO)[C@H](O)[C@H](O)[C@H]2N)[C@H](O)C[C@H]1O. The van der Waals surface area contributed by atoms with Crippen LogP contribution in [-0.4, -0.2) is 140 Å². The maximum absolute atomic E-state index is 10.7. The van der Waals surface area contributed by atoms with Gasteiger partial charge in [-0.25, -0.2) is 0 Å². The van der Waals surface area contributed by atoms with Crippen molar-refractivity contribution in [2.24, 2.45) is 5.73 Å². The van der Waals surface area contributed by atoms with E-state index in [0.29, 0.717) is 0 Å². The zero-order valence-corrected chi connectivity index (χ0v) is 17.4. The number of ether oxygens (including phenoxy) is 5. The van der Waals surface area contributed by atoms with Gasteiger partial charge < -0.3 is 70.3 Å². The van der Waals surface area contributed by atoms with Crippen LogP contribution in [0.3, 0.4) is 0 Å². The third-order valence-corrected chi connectivity index (χ3v) is 6.02. The van der Waals surface area contributed by atoms with Crippen LogP contribution in [0.25, 0.3) is 0 Å². The predicted molar refractivity (Wildman–Crippen MR) is 100 cm³/mol. The van der Waals surface area contributed by atoms with Gasteiger partial charge in [-0.15, -0.1) is 0 Å². The topological polar surface area (TPSA) is 234 Å². The van der Waals surface area contributed by atoms with Gasteiger partial charge in [0.25, 0.3) is 0 Å². The highest BCUT2D eigenvalue weighted by atomic mass is 16.8. The lowest BCUT2D eigenvalue weighted by Crippen LogP contribution is -2.67. The van der Waals surface area contributed by atoms with Gasteiger partial charge in [-0.1, -0.05) is 0 Å². The average Bonchev–Trinajstić information content (AvgIpc) is 2.76. The molecule has 32 heavy (non-hydrogen) atoms. The molecule has 0 bridgehead atoms. The second-order valence-electron chi connectivity index (χ2n) is 8.30. The molecule has 14 heteroatoms. The Morgan fingerprint density at radius 3 is 1.97 bits per heavy atom. The molecule has 3 saturated heterocycles. The molecule has 0 aromatic heterocycles. The normalized spacial score (nSPS) is 52.7. The summed E-state index contributed by atoms with van der Waals surface area (Å²) >= 11 is 0. The van der Waals surface area contributed by atoms with Gasteiger partial charge in [-0.3, -0.25) is 0 Å². The van der Waals surface area contributed by atoms with Gasteiger partial charge >= 0.3 is 0 Å². The van der Waals surface area contributed by atoms with Crippen molar-refractivity contribution in [1.29, 1.82) is 0 Å². The summed E-state index contributed by atoms with van der Waals surface area (Å²) in [6.07, 6.45) is -17.6. The first-order chi connectivity index (χ1) is 15.1. The lowest BCUT2D eigenvalue weighted by Gasteiger charge is -2.47. The smallest absolute Gasteiger partial charge is 0.184 e. The lowest BCUT2D eigenvalue weighted by atomic mass is 9.96. The van der Waals surface area contributed by atoms with Crippen molar-refractivity contribution in [3.63, 3.8) is 0 Å². The molecule has 0 aromatic carbocycles. The summed E-state index contributed by atoms with van der Waals surface area (Å²) in [6.45, 7) is 0.222. The molecule has 14 atom stereocenters. The van der Waals surface area contributed by atoms with Gasteiger partial charge in [-0.2, -0.15) is 0 Å². The number of hydrogen-bond acceptors (Lipinski definition) is 14. The molecular formula is C18H33NO13. The van der Waals surface area contributed by atoms with E-state index in [9.17, 15) is 40.9 Å². The Bertz CT molecular complexity index is 599. The predicted octanol–water partition coefficient (Wildman–Crippen LogP) is -5.55. The molecule has 0 radical (unpaired) electrons. The fourth-order valence-electron chi connectivity index (χ4n) is 3.96. The van der Waals surface area contributed by atoms with Gasteiger partial charge in [0.1, 0.15) is 48.8 Å². The molecule has 0 saturated carbocycles. The summed E-state index contributed by atoms with van der Waals surface area (Å²) in [6, 6.07) is -1.31. The largest absolute Gasteiger partial charge is 0.394 e. The first kappa shape index (κ1) is 26.1. The third-order valence-electron chi connectivity index (χ3n) is 6.02. The highest BCUT2D eigenvalue weighted by molar-refractivity contribution is 4.96. The Balaban J connectivity index is 1.79. The summed E-state index contributed by atoms with van der Waals surface area (Å²) in [7, 11) is 0. The van der Waals surface area contributed by atoms with Gasteiger partial charge in [0.05, 0.1) is 31.5 Å². The van der Waals surface area contributed by atoms with Crippen molar-refractivity contribution >= 4 is 0 Å². The number of aliphatic hydroxyl groups is 8. The van der Waals surface area contributed by atoms with Crippen LogP contribution in [0.4, 0.5) is 0 Å². The highest BCUT2D eigenvalue weighted by Gasteiger charge is 2.52. The van der Waals surface area contributed by atoms with Crippen LogP contribution >= 0.6 is 0 Å². The van der Waals surface area contributed by atoms with Crippen molar-refractivity contribution in [2.75, 3.05) is 13.2 Å². The van der Waals surface area contributed by atoms with E-state index < -0.39 is 99.2 Å². The van der Waals surface area contributed by atoms with E-state index in [1.165, 1.54) is 0 Å². The quantitative estimate of drug-likeness (QED) is 0.176. The summed E-state index contributed by atoms with van der Waals surface area (Å²) in [4.78, 5) is 0. The Hall–Kier alpha value is -0.560. The summed E-state index contributed by atoms with van der Waals surface area (Å²) in [5.74, 6) is 0. The maximum Gasteiger partial charge on any atom is 0.184 e. The average molecular weight is 471 g/mol. The minimum absolute atomic E-state index is 0.0679. The zero-order chi connectivity index (χ0) is 23.7. The maximum atomic E-state index is 10.7. The Morgan fingerprint density at radius 2 is 1.34 bits per heavy atom. The van der Waals surface area contributed by atoms with Crippen LogP contribution in [-0.2, 0) is 23.7 Å². The Kier molecular flexibility index (Phi) is 8.79. The van der Waals surface area contributed by atoms with Crippen molar-refractivity contribution < 1.29 is 64.5 Å². The number of aliphatic hydroxyl groups excluding tert-OH is 8. The van der Waals surface area contributed by atoms with Crippen LogP contribution in [0.5, 0.6) is 0 Å². The van der Waals surface area contributed by atoms with Crippen LogP contribution in [0.2, 0.25) is 0 Å². The highest BCUT2D eigenvalue weighted by Crippen LogP contribution is 2.32. The molecule has 0 aromatic rings. The fraction of sp³-hybridized carbons (Fsp3) is 1.00. The molecule has 0 spiro atoms. The minimum atomic E-state index is -1.77. The molecule has 188 valence electrons. The molecular weight excluding hydrogens is 438 g/mol. The molecule has 10 N–H and O–H groups in total. The molecule has 3 heterocycles. The van der Waals surface area contributed by atoms with Gasteiger partial charge in [0, 0.05) is 6.42 Å². The van der Waals surface area contributed by atoms with E-state index in [1.807, 2.05) is 0 Å². The molecule has 0 aliphatic carbocycles. The van der Waals surface area contributed by atoms with Gasteiger partial charge in [-0.05, 0) is 6.92 Å². The summed E-state index contributed by atoms with van der Waals surface area (Å²) < 4.78 is 27.4. The standard InChI is InChI=1S/C18H33NO13/c1-5-6(22)2-7(23)17(28-5)31-14-12(25)9(4-21)29-16(27)15(14)32-18-10(19)13(26)11(24)8(3-20)30-18/h5-18,20-27H,2-4,19H2,1H3/t5-,6-,7-,8-,9-,10-,11+,12-,13-,14+,15+,16?,17-,18-/m1/s1. The number of nitrogens with two attached hydrogens (primary N) is 1. The first-order valence-corrected chi connectivity index (χ1v) is 10.4. The monoisotopic (exact) mass is 471 g/mol. The summed E-state index contributed by atoms with van der Waals surface area (Å²) in [5.41, 5.74) is 5.87. The minimum Gasteiger partial charge on any atom is -0.394 e. The van der Waals surface area contributed by atoms with Crippen LogP contribution in [0.15, 0.2) is 0 Å². The van der Waals surface area contributed by atoms with E-state index in [-0.39, 0.29) is 6.42 Å². The molecule has 3 aliphatic rings. The zero-order valence-electron chi connectivity index (χ0n) is 17.4. The second kappa shape index (κ2) is 10.8. The molecule has 14 nitrogen and oxygen atoms in total. The lowest BCUT2D eigenvalue weighted by molar-refractivity contribution is -0.373. The van der Waals surface area contributed by atoms with E-state index >= 15 is 0 Å². The van der Waals surface area contributed by atoms with E-state index in [4.69, 9.17) is 29.4 Å². The molecule has 0 amide bonds. The van der Waals surface area contributed by atoms with Crippen LogP contribution in [0, 0.1) is 0 Å².